The van der Waals surface area contributed by atoms with Gasteiger partial charge < -0.3 is 19.9 Å². The van der Waals surface area contributed by atoms with Gasteiger partial charge in [0.1, 0.15) is 11.8 Å². The van der Waals surface area contributed by atoms with Gasteiger partial charge in [0.05, 0.1) is 7.11 Å². The first-order valence-electron chi connectivity index (χ1n) is 10.6. The number of methoxy groups -OCH3 is 1. The minimum Gasteiger partial charge on any atom is -0.497 e. The van der Waals surface area contributed by atoms with Crippen LogP contribution in [-0.4, -0.2) is 61.8 Å². The molecule has 7 nitrogen and oxygen atoms in total. The van der Waals surface area contributed by atoms with Crippen LogP contribution in [0.25, 0.3) is 6.08 Å². The molecule has 2 aromatic rings. The third kappa shape index (κ3) is 5.97. The highest BCUT2D eigenvalue weighted by molar-refractivity contribution is 5.95. The van der Waals surface area contributed by atoms with Crippen molar-refractivity contribution >= 4 is 29.4 Å². The largest absolute Gasteiger partial charge is 0.497 e. The highest BCUT2D eigenvalue weighted by Gasteiger charge is 2.25. The lowest BCUT2D eigenvalue weighted by molar-refractivity contribution is -0.135. The van der Waals surface area contributed by atoms with Crippen LogP contribution in [0.1, 0.15) is 29.8 Å². The Morgan fingerprint density at radius 1 is 0.969 bits per heavy atom. The van der Waals surface area contributed by atoms with Crippen molar-refractivity contribution in [1.29, 1.82) is 0 Å². The Kier molecular flexibility index (Phi) is 7.65. The quantitative estimate of drug-likeness (QED) is 0.535. The van der Waals surface area contributed by atoms with E-state index >= 15 is 0 Å². The predicted octanol–water partition coefficient (Wildman–Crippen LogP) is 2.76. The molecule has 168 valence electrons. The van der Waals surface area contributed by atoms with Crippen LogP contribution in [0.3, 0.4) is 0 Å². The maximum atomic E-state index is 12.8. The van der Waals surface area contributed by atoms with Crippen molar-refractivity contribution in [2.45, 2.75) is 19.9 Å². The van der Waals surface area contributed by atoms with E-state index < -0.39 is 6.04 Å². The normalized spacial score (nSPS) is 14.8. The summed E-state index contributed by atoms with van der Waals surface area (Å²) in [7, 11) is 1.60. The van der Waals surface area contributed by atoms with Gasteiger partial charge in [-0.05, 0) is 61.9 Å². The number of hydrogen-bond acceptors (Lipinski definition) is 5. The van der Waals surface area contributed by atoms with Crippen molar-refractivity contribution < 1.29 is 19.1 Å². The zero-order valence-corrected chi connectivity index (χ0v) is 18.7. The number of ether oxygens (including phenoxy) is 1. The summed E-state index contributed by atoms with van der Waals surface area (Å²) in [5.74, 6) is 0.384. The number of benzene rings is 2. The average Bonchev–Trinajstić information content (AvgIpc) is 2.82. The number of nitrogens with zero attached hydrogens (tertiary/aromatic N) is 2. The lowest BCUT2D eigenvalue weighted by Gasteiger charge is -2.37. The van der Waals surface area contributed by atoms with Gasteiger partial charge in [-0.15, -0.1) is 0 Å². The smallest absolute Gasteiger partial charge is 0.244 e. The number of rotatable bonds is 7. The molecule has 1 N–H and O–H groups in total. The summed E-state index contributed by atoms with van der Waals surface area (Å²) >= 11 is 0. The molecule has 2 amide bonds. The maximum absolute atomic E-state index is 12.8. The fourth-order valence-corrected chi connectivity index (χ4v) is 3.58. The van der Waals surface area contributed by atoms with Gasteiger partial charge in [0.2, 0.25) is 11.8 Å². The first kappa shape index (κ1) is 23.1. The topological polar surface area (TPSA) is 79.0 Å². The van der Waals surface area contributed by atoms with Crippen LogP contribution in [0.5, 0.6) is 5.75 Å². The number of carbonyl (C=O) groups is 3. The summed E-state index contributed by atoms with van der Waals surface area (Å²) in [6.07, 6.45) is 3.12. The van der Waals surface area contributed by atoms with E-state index in [0.29, 0.717) is 31.7 Å². The molecule has 7 heteroatoms. The molecule has 1 fully saturated rings. The Bertz CT molecular complexity index is 975. The summed E-state index contributed by atoms with van der Waals surface area (Å²) in [6.45, 7) is 5.80. The Hall–Kier alpha value is -3.61. The van der Waals surface area contributed by atoms with E-state index in [1.54, 1.807) is 31.9 Å². The first-order valence-corrected chi connectivity index (χ1v) is 10.6. The molecule has 1 heterocycles. The fourth-order valence-electron chi connectivity index (χ4n) is 3.58. The second-order valence-corrected chi connectivity index (χ2v) is 7.75. The molecule has 0 spiro atoms. The summed E-state index contributed by atoms with van der Waals surface area (Å²) in [4.78, 5) is 40.4. The fraction of sp³-hybridized carbons (Fsp3) is 0.320. The molecule has 0 saturated carbocycles. The molecule has 1 aliphatic rings. The molecule has 2 aromatic carbocycles. The van der Waals surface area contributed by atoms with Crippen molar-refractivity contribution in [2.75, 3.05) is 38.2 Å². The van der Waals surface area contributed by atoms with E-state index in [1.807, 2.05) is 48.5 Å². The van der Waals surface area contributed by atoms with Gasteiger partial charge in [0, 0.05) is 43.5 Å². The van der Waals surface area contributed by atoms with E-state index in [4.69, 9.17) is 4.74 Å². The Balaban J connectivity index is 1.48. The molecule has 0 radical (unpaired) electrons. The van der Waals surface area contributed by atoms with Gasteiger partial charge in [-0.3, -0.25) is 14.4 Å². The molecule has 3 rings (SSSR count). The number of carbonyl (C=O) groups excluding carboxylic acids is 3. The third-order valence-corrected chi connectivity index (χ3v) is 5.50. The van der Waals surface area contributed by atoms with E-state index in [1.165, 1.54) is 6.08 Å². The van der Waals surface area contributed by atoms with Crippen LogP contribution in [0.15, 0.2) is 54.6 Å². The van der Waals surface area contributed by atoms with Crippen LogP contribution in [0, 0.1) is 0 Å². The van der Waals surface area contributed by atoms with Crippen molar-refractivity contribution in [3.8, 4) is 5.75 Å². The summed E-state index contributed by atoms with van der Waals surface area (Å²) < 4.78 is 5.12. The predicted molar refractivity (Wildman–Crippen MR) is 125 cm³/mol. The SMILES string of the molecule is COc1ccc(/C=C/C(=O)NC(C)C(=O)N2CCN(c3ccc(C(C)=O)cc3)CC2)cc1. The van der Waals surface area contributed by atoms with Crippen LogP contribution < -0.4 is 15.0 Å². The molecule has 32 heavy (non-hydrogen) atoms. The summed E-state index contributed by atoms with van der Waals surface area (Å²) in [5, 5.41) is 2.74. The number of ketones is 1. The van der Waals surface area contributed by atoms with Crippen molar-refractivity contribution in [2.24, 2.45) is 0 Å². The number of piperazine rings is 1. The molecule has 1 atom stereocenters. The Morgan fingerprint density at radius 2 is 1.59 bits per heavy atom. The lowest BCUT2D eigenvalue weighted by Crippen LogP contribution is -2.54. The minimum atomic E-state index is -0.607. The summed E-state index contributed by atoms with van der Waals surface area (Å²) in [6, 6.07) is 14.3. The van der Waals surface area contributed by atoms with E-state index in [9.17, 15) is 14.4 Å². The molecule has 1 aliphatic heterocycles. The zero-order chi connectivity index (χ0) is 23.1. The van der Waals surface area contributed by atoms with Gasteiger partial charge in [0.25, 0.3) is 0 Å². The number of anilines is 1. The molecule has 0 aliphatic carbocycles. The van der Waals surface area contributed by atoms with Crippen LogP contribution >= 0.6 is 0 Å². The van der Waals surface area contributed by atoms with Crippen molar-refractivity contribution in [3.63, 3.8) is 0 Å². The van der Waals surface area contributed by atoms with E-state index in [2.05, 4.69) is 10.2 Å². The van der Waals surface area contributed by atoms with E-state index in [-0.39, 0.29) is 17.6 Å². The number of amides is 2. The Morgan fingerprint density at radius 3 is 2.16 bits per heavy atom. The van der Waals surface area contributed by atoms with Gasteiger partial charge >= 0.3 is 0 Å². The van der Waals surface area contributed by atoms with Gasteiger partial charge in [-0.1, -0.05) is 12.1 Å². The minimum absolute atomic E-state index is 0.0434. The van der Waals surface area contributed by atoms with Gasteiger partial charge in [-0.2, -0.15) is 0 Å². The van der Waals surface area contributed by atoms with Gasteiger partial charge in [0.15, 0.2) is 5.78 Å². The van der Waals surface area contributed by atoms with Crippen LogP contribution in [-0.2, 0) is 9.59 Å². The van der Waals surface area contributed by atoms with Gasteiger partial charge in [-0.25, -0.2) is 0 Å². The zero-order valence-electron chi connectivity index (χ0n) is 18.7. The highest BCUT2D eigenvalue weighted by atomic mass is 16.5. The molecular formula is C25H29N3O4. The second kappa shape index (κ2) is 10.6. The molecule has 1 unspecified atom stereocenters. The third-order valence-electron chi connectivity index (χ3n) is 5.50. The van der Waals surface area contributed by atoms with Crippen molar-refractivity contribution in [1.82, 2.24) is 10.2 Å². The van der Waals surface area contributed by atoms with Crippen molar-refractivity contribution in [3.05, 3.63) is 65.7 Å². The molecule has 0 bridgehead atoms. The average molecular weight is 436 g/mol. The Labute approximate surface area is 188 Å². The van der Waals surface area contributed by atoms with Crippen LogP contribution in [0.2, 0.25) is 0 Å². The maximum Gasteiger partial charge on any atom is 0.244 e. The number of Topliss-reactive ketones (excluding diaryl/α,β-unsaturated/α-hetero) is 1. The molecule has 1 saturated heterocycles. The number of hydrogen-bond donors (Lipinski definition) is 1. The monoisotopic (exact) mass is 435 g/mol. The van der Waals surface area contributed by atoms with E-state index in [0.717, 1.165) is 17.0 Å². The first-order chi connectivity index (χ1) is 15.4. The highest BCUT2D eigenvalue weighted by Crippen LogP contribution is 2.18. The summed E-state index contributed by atoms with van der Waals surface area (Å²) in [5.41, 5.74) is 2.59. The second-order valence-electron chi connectivity index (χ2n) is 7.75. The number of nitrogens with one attached hydrogen (secondary N) is 1. The standard InChI is InChI=1S/C25H29N3O4/c1-18(26-24(30)13-6-20-4-11-23(32-3)12-5-20)25(31)28-16-14-27(15-17-28)22-9-7-21(8-10-22)19(2)29/h4-13,18H,14-17H2,1-3H3,(H,26,30)/b13-6+. The lowest BCUT2D eigenvalue weighted by atomic mass is 10.1. The van der Waals surface area contributed by atoms with Crippen LogP contribution in [0.4, 0.5) is 5.69 Å². The molecular weight excluding hydrogens is 406 g/mol. The molecule has 0 aromatic heterocycles.